The molecule has 1 aliphatic heterocycles. The van der Waals surface area contributed by atoms with Gasteiger partial charge in [-0.25, -0.2) is 0 Å². The normalized spacial score (nSPS) is 16.3. The number of anilines is 2. The number of nitrogens with one attached hydrogen (secondary N) is 1. The van der Waals surface area contributed by atoms with Crippen LogP contribution in [-0.4, -0.2) is 31.0 Å². The van der Waals surface area contributed by atoms with Gasteiger partial charge in [-0.05, 0) is 51.1 Å². The quantitative estimate of drug-likeness (QED) is 0.864. The third-order valence-electron chi connectivity index (χ3n) is 4.48. The highest BCUT2D eigenvalue weighted by Gasteiger charge is 2.27. The van der Waals surface area contributed by atoms with Gasteiger partial charge in [-0.15, -0.1) is 0 Å². The van der Waals surface area contributed by atoms with Crippen molar-refractivity contribution in [1.29, 1.82) is 0 Å². The minimum Gasteiger partial charge on any atom is -0.484 e. The SMILES string of the molecule is CC(C(=O)c1ccc2c(c1)NCC(C)(C)O2)N(C)c1ccccc1. The first-order valence-corrected chi connectivity index (χ1v) is 8.26. The summed E-state index contributed by atoms with van der Waals surface area (Å²) in [6, 6.07) is 15.3. The molecule has 0 spiro atoms. The summed E-state index contributed by atoms with van der Waals surface area (Å²) in [5.41, 5.74) is 2.37. The van der Waals surface area contributed by atoms with Crippen LogP contribution < -0.4 is 15.0 Å². The van der Waals surface area contributed by atoms with E-state index in [-0.39, 0.29) is 17.4 Å². The van der Waals surface area contributed by atoms with Gasteiger partial charge in [0.15, 0.2) is 5.78 Å². The lowest BCUT2D eigenvalue weighted by atomic mass is 10.0. The number of fused-ring (bicyclic) bond motifs is 1. The molecule has 0 aromatic heterocycles. The topological polar surface area (TPSA) is 41.6 Å². The lowest BCUT2D eigenvalue weighted by Gasteiger charge is -2.34. The van der Waals surface area contributed by atoms with Crippen molar-refractivity contribution >= 4 is 17.2 Å². The number of benzene rings is 2. The monoisotopic (exact) mass is 324 g/mol. The van der Waals surface area contributed by atoms with Gasteiger partial charge in [0.25, 0.3) is 0 Å². The molecule has 1 N–H and O–H groups in total. The molecule has 2 aromatic rings. The van der Waals surface area contributed by atoms with Gasteiger partial charge >= 0.3 is 0 Å². The summed E-state index contributed by atoms with van der Waals surface area (Å²) in [5, 5.41) is 3.36. The molecule has 0 saturated heterocycles. The number of rotatable bonds is 4. The van der Waals surface area contributed by atoms with Crippen LogP contribution in [0.5, 0.6) is 5.75 Å². The Balaban J connectivity index is 1.80. The van der Waals surface area contributed by atoms with Crippen molar-refractivity contribution in [2.24, 2.45) is 0 Å². The maximum atomic E-state index is 12.9. The van der Waals surface area contributed by atoms with E-state index in [4.69, 9.17) is 4.74 Å². The van der Waals surface area contributed by atoms with Gasteiger partial charge in [0.05, 0.1) is 18.3 Å². The van der Waals surface area contributed by atoms with Crippen LogP contribution in [0, 0.1) is 0 Å². The Morgan fingerprint density at radius 1 is 1.21 bits per heavy atom. The highest BCUT2D eigenvalue weighted by atomic mass is 16.5. The zero-order chi connectivity index (χ0) is 17.3. The van der Waals surface area contributed by atoms with Crippen LogP contribution in [0.25, 0.3) is 0 Å². The first-order chi connectivity index (χ1) is 11.4. The van der Waals surface area contributed by atoms with Crippen molar-refractivity contribution < 1.29 is 9.53 Å². The van der Waals surface area contributed by atoms with Crippen molar-refractivity contribution in [2.45, 2.75) is 32.4 Å². The van der Waals surface area contributed by atoms with Gasteiger partial charge < -0.3 is 15.0 Å². The largest absolute Gasteiger partial charge is 0.484 e. The van der Waals surface area contributed by atoms with E-state index in [1.165, 1.54) is 0 Å². The molecule has 2 aromatic carbocycles. The number of ether oxygens (including phenoxy) is 1. The predicted octanol–water partition coefficient (Wildman–Crippen LogP) is 3.98. The first-order valence-electron chi connectivity index (χ1n) is 8.26. The van der Waals surface area contributed by atoms with E-state index in [1.54, 1.807) is 0 Å². The van der Waals surface area contributed by atoms with E-state index in [2.05, 4.69) is 5.32 Å². The maximum absolute atomic E-state index is 12.9. The molecular weight excluding hydrogens is 300 g/mol. The standard InChI is InChI=1S/C20H24N2O2/c1-14(22(4)16-8-6-5-7-9-16)19(23)15-10-11-18-17(12-15)21-13-20(2,3)24-18/h5-12,14,21H,13H2,1-4H3. The Hall–Kier alpha value is -2.49. The Labute approximate surface area is 143 Å². The van der Waals surface area contributed by atoms with E-state index in [0.717, 1.165) is 23.7 Å². The molecule has 0 radical (unpaired) electrons. The number of nitrogens with zero attached hydrogens (tertiary/aromatic N) is 1. The first kappa shape index (κ1) is 16.4. The molecule has 1 heterocycles. The fraction of sp³-hybridized carbons (Fsp3) is 0.350. The molecule has 126 valence electrons. The van der Waals surface area contributed by atoms with Crippen LogP contribution in [0.4, 0.5) is 11.4 Å². The fourth-order valence-corrected chi connectivity index (χ4v) is 2.86. The number of carbonyl (C=O) groups is 1. The van der Waals surface area contributed by atoms with Crippen LogP contribution >= 0.6 is 0 Å². The average Bonchev–Trinajstić information content (AvgIpc) is 2.59. The molecule has 1 unspecified atom stereocenters. The third kappa shape index (κ3) is 3.23. The van der Waals surface area contributed by atoms with Crippen LogP contribution in [0.15, 0.2) is 48.5 Å². The smallest absolute Gasteiger partial charge is 0.184 e. The molecule has 0 aliphatic carbocycles. The summed E-state index contributed by atoms with van der Waals surface area (Å²) in [6.07, 6.45) is 0. The van der Waals surface area contributed by atoms with Crippen molar-refractivity contribution in [1.82, 2.24) is 0 Å². The highest BCUT2D eigenvalue weighted by Crippen LogP contribution is 2.34. The number of Topliss-reactive ketones (excluding diaryl/α,β-unsaturated/α-hetero) is 1. The molecule has 0 amide bonds. The van der Waals surface area contributed by atoms with Crippen LogP contribution in [0.3, 0.4) is 0 Å². The molecular formula is C20H24N2O2. The Morgan fingerprint density at radius 3 is 2.62 bits per heavy atom. The number of hydrogen-bond donors (Lipinski definition) is 1. The van der Waals surface area contributed by atoms with Gasteiger partial charge in [-0.1, -0.05) is 18.2 Å². The van der Waals surface area contributed by atoms with E-state index in [0.29, 0.717) is 5.56 Å². The van der Waals surface area contributed by atoms with Gasteiger partial charge in [0.1, 0.15) is 11.4 Å². The van der Waals surface area contributed by atoms with Gasteiger partial charge in [0.2, 0.25) is 0 Å². The van der Waals surface area contributed by atoms with Crippen molar-refractivity contribution in [2.75, 3.05) is 23.8 Å². The summed E-state index contributed by atoms with van der Waals surface area (Å²) in [7, 11) is 1.94. The molecule has 0 bridgehead atoms. The molecule has 24 heavy (non-hydrogen) atoms. The zero-order valence-corrected chi connectivity index (χ0v) is 14.7. The number of para-hydroxylation sites is 1. The van der Waals surface area contributed by atoms with E-state index >= 15 is 0 Å². The van der Waals surface area contributed by atoms with Crippen LogP contribution in [0.1, 0.15) is 31.1 Å². The third-order valence-corrected chi connectivity index (χ3v) is 4.48. The van der Waals surface area contributed by atoms with E-state index in [1.807, 2.05) is 81.2 Å². The van der Waals surface area contributed by atoms with E-state index in [9.17, 15) is 4.79 Å². The van der Waals surface area contributed by atoms with Gasteiger partial charge in [0, 0.05) is 18.3 Å². The predicted molar refractivity (Wildman–Crippen MR) is 98.3 cm³/mol. The summed E-state index contributed by atoms with van der Waals surface area (Å²) in [5.74, 6) is 0.891. The van der Waals surface area contributed by atoms with Crippen molar-refractivity contribution in [3.8, 4) is 5.75 Å². The van der Waals surface area contributed by atoms with Crippen molar-refractivity contribution in [3.63, 3.8) is 0 Å². The second-order valence-electron chi connectivity index (χ2n) is 6.91. The summed E-state index contributed by atoms with van der Waals surface area (Å²) in [6.45, 7) is 6.73. The lowest BCUT2D eigenvalue weighted by molar-refractivity contribution is 0.0965. The lowest BCUT2D eigenvalue weighted by Crippen LogP contribution is -2.40. The molecule has 3 rings (SSSR count). The van der Waals surface area contributed by atoms with Crippen LogP contribution in [-0.2, 0) is 0 Å². The zero-order valence-electron chi connectivity index (χ0n) is 14.7. The molecule has 1 aliphatic rings. The Kier molecular flexibility index (Phi) is 4.22. The maximum Gasteiger partial charge on any atom is 0.184 e. The molecule has 1 atom stereocenters. The molecule has 0 fully saturated rings. The second kappa shape index (κ2) is 6.19. The molecule has 4 heteroatoms. The van der Waals surface area contributed by atoms with E-state index < -0.39 is 0 Å². The van der Waals surface area contributed by atoms with Gasteiger partial charge in [-0.3, -0.25) is 4.79 Å². The summed E-state index contributed by atoms with van der Waals surface area (Å²) in [4.78, 5) is 14.9. The minimum absolute atomic E-state index is 0.0933. The second-order valence-corrected chi connectivity index (χ2v) is 6.91. The highest BCUT2D eigenvalue weighted by molar-refractivity contribution is 6.02. The number of carbonyl (C=O) groups excluding carboxylic acids is 1. The summed E-state index contributed by atoms with van der Waals surface area (Å²) < 4.78 is 5.95. The fourth-order valence-electron chi connectivity index (χ4n) is 2.86. The summed E-state index contributed by atoms with van der Waals surface area (Å²) >= 11 is 0. The number of hydrogen-bond acceptors (Lipinski definition) is 4. The Morgan fingerprint density at radius 2 is 1.92 bits per heavy atom. The van der Waals surface area contributed by atoms with Crippen LogP contribution in [0.2, 0.25) is 0 Å². The number of ketones is 1. The number of likely N-dealkylation sites (N-methyl/N-ethyl adjacent to an activating group) is 1. The average molecular weight is 324 g/mol. The molecule has 0 saturated carbocycles. The van der Waals surface area contributed by atoms with Crippen molar-refractivity contribution in [3.05, 3.63) is 54.1 Å². The minimum atomic E-state index is -0.244. The molecule has 4 nitrogen and oxygen atoms in total. The Bertz CT molecular complexity index is 741. The van der Waals surface area contributed by atoms with Gasteiger partial charge in [-0.2, -0.15) is 0 Å².